The SMILES string of the molecule is CN=C1N(C)C[C@@H]2[C@@H]3C(=O)N(C)C(=O)[C@@H]3[C@](C)(C(=O)OC)N12.O=C(O)C(F)(F)F. The second-order valence-corrected chi connectivity index (χ2v) is 7.02. The first-order valence-corrected chi connectivity index (χ1v) is 8.42. The number of nitrogens with zero attached hydrogens (tertiary/aromatic N) is 4. The minimum Gasteiger partial charge on any atom is -0.475 e. The number of imide groups is 1. The van der Waals surface area contributed by atoms with Crippen molar-refractivity contribution in [2.45, 2.75) is 24.7 Å². The van der Waals surface area contributed by atoms with Crippen LogP contribution in [-0.2, 0) is 23.9 Å². The molecule has 0 bridgehead atoms. The second-order valence-electron chi connectivity index (χ2n) is 7.02. The van der Waals surface area contributed by atoms with Gasteiger partial charge in [-0.05, 0) is 6.92 Å². The maximum absolute atomic E-state index is 12.6. The first-order chi connectivity index (χ1) is 13.2. The zero-order valence-electron chi connectivity index (χ0n) is 16.4. The smallest absolute Gasteiger partial charge is 0.475 e. The number of likely N-dealkylation sites (N-methyl/N-ethyl adjacent to an activating group) is 1. The highest BCUT2D eigenvalue weighted by atomic mass is 19.4. The number of esters is 1. The Balaban J connectivity index is 0.000000370. The Hall–Kier alpha value is -2.86. The molecule has 0 unspecified atom stereocenters. The number of carbonyl (C=O) groups excluding carboxylic acids is 3. The van der Waals surface area contributed by atoms with E-state index in [1.165, 1.54) is 14.2 Å². The summed E-state index contributed by atoms with van der Waals surface area (Å²) in [6, 6.07) is -0.251. The van der Waals surface area contributed by atoms with Crippen molar-refractivity contribution >= 4 is 29.7 Å². The number of hydrogen-bond donors (Lipinski definition) is 1. The number of rotatable bonds is 1. The Morgan fingerprint density at radius 1 is 1.24 bits per heavy atom. The third-order valence-corrected chi connectivity index (χ3v) is 5.48. The predicted octanol–water partition coefficient (Wildman–Crippen LogP) is -0.602. The predicted molar refractivity (Wildman–Crippen MR) is 90.5 cm³/mol. The van der Waals surface area contributed by atoms with Crippen LogP contribution in [0.2, 0.25) is 0 Å². The molecule has 0 aliphatic carbocycles. The highest BCUT2D eigenvalue weighted by Crippen LogP contribution is 2.51. The van der Waals surface area contributed by atoms with Gasteiger partial charge in [-0.25, -0.2) is 9.59 Å². The van der Waals surface area contributed by atoms with Crippen LogP contribution in [0.25, 0.3) is 0 Å². The van der Waals surface area contributed by atoms with Crippen molar-refractivity contribution in [3.05, 3.63) is 0 Å². The fourth-order valence-corrected chi connectivity index (χ4v) is 4.28. The molecule has 0 spiro atoms. The number of halogens is 3. The first-order valence-electron chi connectivity index (χ1n) is 8.42. The Bertz CT molecular complexity index is 785. The van der Waals surface area contributed by atoms with Crippen LogP contribution in [0.4, 0.5) is 13.2 Å². The molecule has 2 amide bonds. The third kappa shape index (κ3) is 3.17. The van der Waals surface area contributed by atoms with E-state index in [4.69, 9.17) is 14.6 Å². The van der Waals surface area contributed by atoms with Gasteiger partial charge in [0, 0.05) is 27.7 Å². The van der Waals surface area contributed by atoms with Gasteiger partial charge in [-0.3, -0.25) is 19.5 Å². The summed E-state index contributed by atoms with van der Waals surface area (Å²) < 4.78 is 36.7. The molecule has 0 aromatic rings. The second kappa shape index (κ2) is 7.19. The van der Waals surface area contributed by atoms with E-state index in [1.807, 2.05) is 11.9 Å². The number of amides is 2. The molecule has 29 heavy (non-hydrogen) atoms. The fourth-order valence-electron chi connectivity index (χ4n) is 4.28. The van der Waals surface area contributed by atoms with Crippen molar-refractivity contribution in [1.29, 1.82) is 0 Å². The van der Waals surface area contributed by atoms with Gasteiger partial charge in [-0.1, -0.05) is 0 Å². The Kier molecular flexibility index (Phi) is 5.56. The lowest BCUT2D eigenvalue weighted by atomic mass is 9.81. The molecule has 3 rings (SSSR count). The fraction of sp³-hybridized carbons (Fsp3) is 0.688. The van der Waals surface area contributed by atoms with E-state index in [2.05, 4.69) is 4.99 Å². The summed E-state index contributed by atoms with van der Waals surface area (Å²) in [5.74, 6) is -4.49. The van der Waals surface area contributed by atoms with Crippen molar-refractivity contribution in [1.82, 2.24) is 14.7 Å². The zero-order chi connectivity index (χ0) is 22.5. The molecule has 3 fully saturated rings. The molecule has 1 N–H and O–H groups in total. The molecule has 0 saturated carbocycles. The van der Waals surface area contributed by atoms with E-state index in [0.29, 0.717) is 12.5 Å². The normalized spacial score (nSPS) is 32.2. The largest absolute Gasteiger partial charge is 0.490 e. The highest BCUT2D eigenvalue weighted by molar-refractivity contribution is 6.11. The van der Waals surface area contributed by atoms with Crippen LogP contribution in [0.3, 0.4) is 0 Å². The summed E-state index contributed by atoms with van der Waals surface area (Å²) in [5, 5.41) is 7.12. The van der Waals surface area contributed by atoms with Crippen LogP contribution in [0.15, 0.2) is 4.99 Å². The Labute approximate surface area is 163 Å². The van der Waals surface area contributed by atoms with Crippen LogP contribution >= 0.6 is 0 Å². The van der Waals surface area contributed by atoms with E-state index >= 15 is 0 Å². The molecule has 3 aliphatic rings. The number of fused-ring (bicyclic) bond motifs is 3. The molecule has 0 aromatic heterocycles. The summed E-state index contributed by atoms with van der Waals surface area (Å²) in [6.45, 7) is 2.22. The molecular weight excluding hydrogens is 401 g/mol. The third-order valence-electron chi connectivity index (χ3n) is 5.48. The number of carboxylic acid groups (broad SMARTS) is 1. The highest BCUT2D eigenvalue weighted by Gasteiger charge is 2.72. The molecule has 10 nitrogen and oxygen atoms in total. The van der Waals surface area contributed by atoms with Crippen molar-refractivity contribution in [3.8, 4) is 0 Å². The molecule has 162 valence electrons. The van der Waals surface area contributed by atoms with E-state index in [1.54, 1.807) is 18.9 Å². The van der Waals surface area contributed by atoms with Crippen LogP contribution in [0, 0.1) is 11.8 Å². The summed E-state index contributed by atoms with van der Waals surface area (Å²) in [5.41, 5.74) is -1.22. The molecule has 13 heteroatoms. The van der Waals surface area contributed by atoms with Crippen molar-refractivity contribution < 1.29 is 42.2 Å². The van der Waals surface area contributed by atoms with Gasteiger partial charge >= 0.3 is 18.1 Å². The van der Waals surface area contributed by atoms with E-state index in [-0.39, 0.29) is 17.9 Å². The summed E-state index contributed by atoms with van der Waals surface area (Å²) in [7, 11) is 6.26. The van der Waals surface area contributed by atoms with E-state index in [9.17, 15) is 27.6 Å². The number of likely N-dealkylation sites (tertiary alicyclic amines) is 1. The lowest BCUT2D eigenvalue weighted by Crippen LogP contribution is -2.58. The Morgan fingerprint density at radius 3 is 2.17 bits per heavy atom. The molecular formula is C16H21F3N4O6. The quantitative estimate of drug-likeness (QED) is 0.439. The van der Waals surface area contributed by atoms with Crippen LogP contribution in [0.5, 0.6) is 0 Å². The number of ether oxygens (including phenoxy) is 1. The van der Waals surface area contributed by atoms with Crippen LogP contribution < -0.4 is 0 Å². The van der Waals surface area contributed by atoms with E-state index in [0.717, 1.165) is 4.90 Å². The lowest BCUT2D eigenvalue weighted by molar-refractivity contribution is -0.192. The van der Waals surface area contributed by atoms with Crippen LogP contribution in [0.1, 0.15) is 6.92 Å². The average Bonchev–Trinajstić information content (AvgIpc) is 3.18. The van der Waals surface area contributed by atoms with Gasteiger partial charge in [0.15, 0.2) is 11.5 Å². The van der Waals surface area contributed by atoms with Crippen LogP contribution in [-0.4, -0.2) is 102 Å². The first kappa shape index (κ1) is 22.4. The summed E-state index contributed by atoms with van der Waals surface area (Å²) in [6.07, 6.45) is -5.08. The van der Waals surface area contributed by atoms with Gasteiger partial charge in [0.1, 0.15) is 0 Å². The van der Waals surface area contributed by atoms with Gasteiger partial charge in [-0.2, -0.15) is 13.2 Å². The number of aliphatic carboxylic acids is 1. The molecule has 4 atom stereocenters. The van der Waals surface area contributed by atoms with Crippen molar-refractivity contribution in [3.63, 3.8) is 0 Å². The summed E-state index contributed by atoms with van der Waals surface area (Å²) >= 11 is 0. The molecule has 3 heterocycles. The molecule has 0 radical (unpaired) electrons. The van der Waals surface area contributed by atoms with Crippen molar-refractivity contribution in [2.75, 3.05) is 34.8 Å². The number of methoxy groups -OCH3 is 1. The zero-order valence-corrected chi connectivity index (χ0v) is 16.4. The van der Waals surface area contributed by atoms with E-state index < -0.39 is 35.5 Å². The van der Waals surface area contributed by atoms with Gasteiger partial charge in [0.25, 0.3) is 0 Å². The standard InChI is InChI=1S/C14H20N4O4.C2HF3O2/c1-14(12(21)22-5)9-8(10(19)17(4)11(9)20)7-6-16(3)13(15-2)18(7)14;3-2(4,5)1(6)7/h7-9H,6H2,1-5H3;(H,6,7)/t7-,8+,9-,14-;/m1./s1. The maximum atomic E-state index is 12.6. The Morgan fingerprint density at radius 2 is 1.76 bits per heavy atom. The minimum atomic E-state index is -5.08. The lowest BCUT2D eigenvalue weighted by Gasteiger charge is -2.36. The average molecular weight is 422 g/mol. The number of aliphatic imine (C=N–C) groups is 1. The number of carboxylic acids is 1. The summed E-state index contributed by atoms with van der Waals surface area (Å²) in [4.78, 5) is 55.6. The van der Waals surface area contributed by atoms with Gasteiger partial charge in [0.05, 0.1) is 25.0 Å². The topological polar surface area (TPSA) is 120 Å². The monoisotopic (exact) mass is 422 g/mol. The molecule has 3 aliphatic heterocycles. The number of alkyl halides is 3. The maximum Gasteiger partial charge on any atom is 0.490 e. The molecule has 0 aromatic carbocycles. The minimum absolute atomic E-state index is 0.233. The number of carbonyl (C=O) groups is 4. The molecule has 3 saturated heterocycles. The van der Waals surface area contributed by atoms with Gasteiger partial charge < -0.3 is 19.6 Å². The van der Waals surface area contributed by atoms with Gasteiger partial charge in [0.2, 0.25) is 11.8 Å². The number of guanidine groups is 1. The van der Waals surface area contributed by atoms with Crippen molar-refractivity contribution in [2.24, 2.45) is 16.8 Å². The van der Waals surface area contributed by atoms with Gasteiger partial charge in [-0.15, -0.1) is 0 Å². The number of hydrogen-bond acceptors (Lipinski definition) is 6.